The number of alkyl carbamates (subject to hydrolysis) is 1. The Morgan fingerprint density at radius 1 is 1.12 bits per heavy atom. The zero-order valence-electron chi connectivity index (χ0n) is 31.7. The van der Waals surface area contributed by atoms with Gasteiger partial charge >= 0.3 is 12.3 Å². The Morgan fingerprint density at radius 2 is 1.89 bits per heavy atom. The Kier molecular flexibility index (Phi) is 10.5. The maximum absolute atomic E-state index is 14.6. The van der Waals surface area contributed by atoms with Crippen LogP contribution in [0, 0.1) is 18.8 Å². The molecule has 56 heavy (non-hydrogen) atoms. The molecule has 13 nitrogen and oxygen atoms in total. The van der Waals surface area contributed by atoms with Crippen molar-refractivity contribution in [1.82, 2.24) is 25.2 Å². The van der Waals surface area contributed by atoms with E-state index < -0.39 is 80.0 Å². The van der Waals surface area contributed by atoms with Crippen LogP contribution < -0.4 is 20.1 Å². The van der Waals surface area contributed by atoms with E-state index in [-0.39, 0.29) is 68.1 Å². The van der Waals surface area contributed by atoms with E-state index in [0.29, 0.717) is 43.1 Å². The number of para-hydroxylation sites is 1. The number of allylic oxidation sites excluding steroid dienone is 1. The highest BCUT2D eigenvalue weighted by Crippen LogP contribution is 2.48. The SMILES string of the molecule is Cc1nc2c(C(F)(F)F)cccc2c2c1OC1(CC2)CC2C(=O)NC3(C(=O)NS(=O)(=O)C4CC4)CC3C=CCCCCCC(NC(=O)OCC(C)C)C(=O)N2C1. The lowest BCUT2D eigenvalue weighted by atomic mass is 9.86. The summed E-state index contributed by atoms with van der Waals surface area (Å²) in [5.74, 6) is -2.27. The molecule has 4 amide bonds. The summed E-state index contributed by atoms with van der Waals surface area (Å²) in [6, 6.07) is 1.58. The number of hydrogen-bond donors (Lipinski definition) is 3. The van der Waals surface area contributed by atoms with Crippen LogP contribution in [0.1, 0.15) is 94.9 Å². The summed E-state index contributed by atoms with van der Waals surface area (Å²) < 4.78 is 81.9. The number of benzene rings is 1. The van der Waals surface area contributed by atoms with E-state index in [4.69, 9.17) is 9.47 Å². The van der Waals surface area contributed by atoms with Gasteiger partial charge in [0.1, 0.15) is 29.0 Å². The van der Waals surface area contributed by atoms with Gasteiger partial charge in [0.2, 0.25) is 21.8 Å². The van der Waals surface area contributed by atoms with Crippen LogP contribution in [0.15, 0.2) is 30.4 Å². The number of nitrogens with zero attached hydrogens (tertiary/aromatic N) is 2. The van der Waals surface area contributed by atoms with E-state index in [0.717, 1.165) is 12.5 Å². The fraction of sp³-hybridized carbons (Fsp3) is 0.615. The van der Waals surface area contributed by atoms with E-state index in [1.165, 1.54) is 11.0 Å². The largest absolute Gasteiger partial charge is 0.483 e. The Bertz CT molecular complexity index is 2070. The Hall–Kier alpha value is -4.41. The molecular formula is C39H48F3N5O8S. The molecule has 4 heterocycles. The molecule has 1 aromatic heterocycles. The van der Waals surface area contributed by atoms with Gasteiger partial charge in [-0.1, -0.05) is 51.0 Å². The molecule has 5 aliphatic rings. The van der Waals surface area contributed by atoms with Gasteiger partial charge in [0.05, 0.1) is 35.2 Å². The molecule has 304 valence electrons. The summed E-state index contributed by atoms with van der Waals surface area (Å²) in [7, 11) is -3.95. The second-order valence-corrected chi connectivity index (χ2v) is 18.3. The van der Waals surface area contributed by atoms with Crippen LogP contribution >= 0.6 is 0 Å². The topological polar surface area (TPSA) is 173 Å². The van der Waals surface area contributed by atoms with Crippen LogP contribution in [0.25, 0.3) is 10.9 Å². The number of alkyl halides is 3. The first-order chi connectivity index (χ1) is 26.4. The van der Waals surface area contributed by atoms with Crippen LogP contribution in [0.5, 0.6) is 5.75 Å². The molecule has 0 radical (unpaired) electrons. The number of carbonyl (C=O) groups is 4. The van der Waals surface area contributed by atoms with Crippen LogP contribution in [0.3, 0.4) is 0 Å². The third-order valence-corrected chi connectivity index (χ3v) is 13.3. The average Bonchev–Trinajstić information content (AvgIpc) is 4.06. The predicted octanol–water partition coefficient (Wildman–Crippen LogP) is 4.98. The molecule has 3 aliphatic heterocycles. The maximum Gasteiger partial charge on any atom is 0.418 e. The van der Waals surface area contributed by atoms with Gasteiger partial charge in [0, 0.05) is 23.3 Å². The van der Waals surface area contributed by atoms with Crippen LogP contribution in [0.2, 0.25) is 0 Å². The summed E-state index contributed by atoms with van der Waals surface area (Å²) in [6.45, 7) is 5.32. The number of carbonyl (C=O) groups excluding carboxylic acids is 4. The number of aryl methyl sites for hydroxylation is 2. The van der Waals surface area contributed by atoms with Crippen molar-refractivity contribution >= 4 is 44.7 Å². The lowest BCUT2D eigenvalue weighted by Crippen LogP contribution is -2.58. The summed E-state index contributed by atoms with van der Waals surface area (Å²) in [4.78, 5) is 61.6. The fourth-order valence-corrected chi connectivity index (χ4v) is 9.63. The van der Waals surface area contributed by atoms with E-state index in [9.17, 15) is 40.8 Å². The minimum absolute atomic E-state index is 0.0421. The lowest BCUT2D eigenvalue weighted by molar-refractivity contribution is -0.141. The molecule has 5 unspecified atom stereocenters. The van der Waals surface area contributed by atoms with Crippen molar-refractivity contribution in [2.45, 2.75) is 126 Å². The van der Waals surface area contributed by atoms with Crippen molar-refractivity contribution in [1.29, 1.82) is 0 Å². The van der Waals surface area contributed by atoms with E-state index in [1.54, 1.807) is 13.0 Å². The predicted molar refractivity (Wildman–Crippen MR) is 198 cm³/mol. The molecule has 2 saturated carbocycles. The third kappa shape index (κ3) is 7.92. The monoisotopic (exact) mass is 803 g/mol. The number of hydrogen-bond acceptors (Lipinski definition) is 9. The van der Waals surface area contributed by atoms with Gasteiger partial charge in [-0.3, -0.25) is 19.1 Å². The average molecular weight is 804 g/mol. The van der Waals surface area contributed by atoms with E-state index >= 15 is 0 Å². The van der Waals surface area contributed by atoms with Gasteiger partial charge in [-0.2, -0.15) is 13.2 Å². The zero-order valence-corrected chi connectivity index (χ0v) is 32.5. The standard InChI is InChI=1S/C39H48F3N5O8S/c1-22(2)20-54-36(51)44-29-13-8-6-4-5-7-10-24-18-38(24,35(50)46-56(52,53)25-14-15-25)45-33(48)30-19-37(21-47(30)34(29)49)17-16-27-26-11-9-12-28(39(40,41)42)31(26)43-23(3)32(27)55-37/h7,9-12,22,24-25,29-30H,4-6,8,13-21H2,1-3H3,(H,44,51)(H,45,48)(H,46,50). The number of fused-ring (bicyclic) bond motifs is 5. The van der Waals surface area contributed by atoms with E-state index in [1.807, 2.05) is 26.0 Å². The molecule has 1 saturated heterocycles. The highest BCUT2D eigenvalue weighted by molar-refractivity contribution is 7.91. The highest BCUT2D eigenvalue weighted by Gasteiger charge is 2.63. The van der Waals surface area contributed by atoms with Crippen LogP contribution in [0.4, 0.5) is 18.0 Å². The molecule has 1 aromatic carbocycles. The molecule has 1 spiro atoms. The number of aromatic nitrogens is 1. The molecule has 3 fully saturated rings. The fourth-order valence-electron chi connectivity index (χ4n) is 8.27. The lowest BCUT2D eigenvalue weighted by Gasteiger charge is -2.37. The minimum Gasteiger partial charge on any atom is -0.483 e. The molecule has 2 aromatic rings. The smallest absolute Gasteiger partial charge is 0.418 e. The molecule has 5 atom stereocenters. The van der Waals surface area contributed by atoms with Crippen molar-refractivity contribution < 1.29 is 50.2 Å². The Morgan fingerprint density at radius 3 is 2.61 bits per heavy atom. The van der Waals surface area contributed by atoms with Gasteiger partial charge in [-0.15, -0.1) is 0 Å². The number of rotatable bonds is 6. The number of nitrogens with one attached hydrogen (secondary N) is 3. The van der Waals surface area contributed by atoms with Crippen molar-refractivity contribution in [2.24, 2.45) is 11.8 Å². The number of sulfonamides is 1. The van der Waals surface area contributed by atoms with Gasteiger partial charge in [0.25, 0.3) is 5.91 Å². The van der Waals surface area contributed by atoms with Crippen molar-refractivity contribution in [2.75, 3.05) is 13.2 Å². The van der Waals surface area contributed by atoms with Gasteiger partial charge in [0.15, 0.2) is 0 Å². The summed E-state index contributed by atoms with van der Waals surface area (Å²) >= 11 is 0. The highest BCUT2D eigenvalue weighted by atomic mass is 32.2. The molecular weight excluding hydrogens is 756 g/mol. The molecule has 0 bridgehead atoms. The molecule has 3 N–H and O–H groups in total. The summed E-state index contributed by atoms with van der Waals surface area (Å²) in [5, 5.41) is 5.18. The third-order valence-electron chi connectivity index (χ3n) is 11.5. The van der Waals surface area contributed by atoms with Crippen molar-refractivity contribution in [3.63, 3.8) is 0 Å². The number of ether oxygens (including phenoxy) is 2. The minimum atomic E-state index is -4.63. The first-order valence-electron chi connectivity index (χ1n) is 19.4. The maximum atomic E-state index is 14.6. The van der Waals surface area contributed by atoms with Crippen molar-refractivity contribution in [3.05, 3.63) is 47.2 Å². The normalized spacial score (nSPS) is 28.3. The Labute approximate surface area is 323 Å². The second-order valence-electron chi connectivity index (χ2n) is 16.4. The van der Waals surface area contributed by atoms with Crippen molar-refractivity contribution in [3.8, 4) is 5.75 Å². The van der Waals surface area contributed by atoms with Gasteiger partial charge in [-0.05, 0) is 70.3 Å². The zero-order chi connectivity index (χ0) is 40.2. The van der Waals surface area contributed by atoms with E-state index in [2.05, 4.69) is 20.3 Å². The molecule has 17 heteroatoms. The van der Waals surface area contributed by atoms with Crippen LogP contribution in [-0.2, 0) is 41.7 Å². The second kappa shape index (κ2) is 14.8. The first-order valence-corrected chi connectivity index (χ1v) is 20.9. The number of halogens is 3. The summed E-state index contributed by atoms with van der Waals surface area (Å²) in [5.41, 5.74) is -3.06. The molecule has 2 aliphatic carbocycles. The van der Waals surface area contributed by atoms with Gasteiger partial charge in [-0.25, -0.2) is 18.2 Å². The molecule has 7 rings (SSSR count). The Balaban J connectivity index is 1.23. The van der Waals surface area contributed by atoms with Gasteiger partial charge < -0.3 is 25.0 Å². The first kappa shape index (κ1) is 39.8. The van der Waals surface area contributed by atoms with Crippen LogP contribution in [-0.4, -0.2) is 83.7 Å². The number of pyridine rings is 1. The summed E-state index contributed by atoms with van der Waals surface area (Å²) in [6.07, 6.45) is 2.73. The number of amides is 4. The quantitative estimate of drug-likeness (QED) is 0.341.